The summed E-state index contributed by atoms with van der Waals surface area (Å²) in [6.07, 6.45) is 0.294. The fourth-order valence-corrected chi connectivity index (χ4v) is 6.66. The molecule has 4 aromatic carbocycles. The van der Waals surface area contributed by atoms with Gasteiger partial charge in [0.15, 0.2) is 6.61 Å². The van der Waals surface area contributed by atoms with Crippen molar-refractivity contribution < 1.29 is 32.2 Å². The molecule has 1 aliphatic heterocycles. The van der Waals surface area contributed by atoms with Crippen LogP contribution >= 0.6 is 0 Å². The van der Waals surface area contributed by atoms with E-state index in [1.54, 1.807) is 12.0 Å². The van der Waals surface area contributed by atoms with Gasteiger partial charge in [-0.2, -0.15) is 4.31 Å². The van der Waals surface area contributed by atoms with E-state index in [1.807, 2.05) is 84.9 Å². The number of carbonyl (C=O) groups is 2. The smallest absolute Gasteiger partial charge is 0.261 e. The summed E-state index contributed by atoms with van der Waals surface area (Å²) < 4.78 is 43.8. The Kier molecular flexibility index (Phi) is 11.6. The number of ether oxygens (including phenoxy) is 3. The van der Waals surface area contributed by atoms with Crippen molar-refractivity contribution >= 4 is 21.8 Å². The Morgan fingerprint density at radius 1 is 0.809 bits per heavy atom. The molecule has 11 heteroatoms. The van der Waals surface area contributed by atoms with Crippen LogP contribution in [0.5, 0.6) is 11.5 Å². The quantitative estimate of drug-likeness (QED) is 0.218. The summed E-state index contributed by atoms with van der Waals surface area (Å²) in [6, 6.07) is 31.6. The van der Waals surface area contributed by atoms with Crippen LogP contribution in [0.25, 0.3) is 0 Å². The number of morpholine rings is 1. The average molecular weight is 658 g/mol. The number of nitrogens with one attached hydrogen (secondary N) is 1. The van der Waals surface area contributed by atoms with Gasteiger partial charge in [0.2, 0.25) is 15.9 Å². The van der Waals surface area contributed by atoms with Crippen LogP contribution < -0.4 is 14.8 Å². The lowest BCUT2D eigenvalue weighted by molar-refractivity contribution is -0.142. The van der Waals surface area contributed by atoms with Crippen molar-refractivity contribution in [3.8, 4) is 11.5 Å². The summed E-state index contributed by atoms with van der Waals surface area (Å²) in [5, 5.41) is 3.02. The summed E-state index contributed by atoms with van der Waals surface area (Å²) >= 11 is 0. The van der Waals surface area contributed by atoms with Crippen LogP contribution in [0, 0.1) is 0 Å². The third-order valence-corrected chi connectivity index (χ3v) is 9.80. The zero-order valence-electron chi connectivity index (χ0n) is 26.3. The van der Waals surface area contributed by atoms with E-state index in [9.17, 15) is 18.0 Å². The average Bonchev–Trinajstić information content (AvgIpc) is 3.12. The number of carbonyl (C=O) groups excluding carboxylic acids is 2. The van der Waals surface area contributed by atoms with E-state index in [2.05, 4.69) is 5.32 Å². The Bertz CT molecular complexity index is 1700. The van der Waals surface area contributed by atoms with Crippen LogP contribution in [0.2, 0.25) is 0 Å². The maximum Gasteiger partial charge on any atom is 0.261 e. The number of nitrogens with zero attached hydrogens (tertiary/aromatic N) is 2. The first-order valence-corrected chi connectivity index (χ1v) is 16.9. The Labute approximate surface area is 275 Å². The second-order valence-electron chi connectivity index (χ2n) is 11.1. The van der Waals surface area contributed by atoms with Crippen molar-refractivity contribution in [1.29, 1.82) is 0 Å². The molecule has 0 saturated carbocycles. The molecule has 0 bridgehead atoms. The molecule has 1 atom stereocenters. The lowest BCUT2D eigenvalue weighted by Gasteiger charge is -2.31. The SMILES string of the molecule is COc1ccc(CNC(=O)[C@@H](Cc2ccccc2)N(Cc2ccccc2)C(=O)COc2ccc(S(=O)(=O)N3CCOCC3)cc2)cc1. The zero-order valence-corrected chi connectivity index (χ0v) is 27.1. The Hall–Kier alpha value is -4.71. The van der Waals surface area contributed by atoms with Crippen molar-refractivity contribution in [2.45, 2.75) is 30.4 Å². The standard InChI is InChI=1S/C36H39N3O7S/c1-44-31-14-12-29(13-15-31)25-37-36(41)34(24-28-8-4-2-5-9-28)39(26-30-10-6-3-7-11-30)35(40)27-46-32-16-18-33(19-17-32)47(42,43)38-20-22-45-23-21-38/h2-19,34H,20-27H2,1H3,(H,37,41)/t34-/m1/s1. The summed E-state index contributed by atoms with van der Waals surface area (Å²) in [4.78, 5) is 29.5. The van der Waals surface area contributed by atoms with Gasteiger partial charge in [-0.3, -0.25) is 9.59 Å². The fourth-order valence-electron chi connectivity index (χ4n) is 5.26. The molecule has 1 N–H and O–H groups in total. The molecule has 0 spiro atoms. The molecule has 1 aliphatic rings. The predicted octanol–water partition coefficient (Wildman–Crippen LogP) is 4.05. The molecule has 4 aromatic rings. The predicted molar refractivity (Wildman–Crippen MR) is 177 cm³/mol. The molecule has 1 heterocycles. The van der Waals surface area contributed by atoms with Crippen molar-refractivity contribution in [1.82, 2.24) is 14.5 Å². The van der Waals surface area contributed by atoms with E-state index in [-0.39, 0.29) is 36.4 Å². The number of hydrogen-bond acceptors (Lipinski definition) is 7. The van der Waals surface area contributed by atoms with Crippen molar-refractivity contribution in [3.63, 3.8) is 0 Å². The van der Waals surface area contributed by atoms with E-state index < -0.39 is 16.1 Å². The van der Waals surface area contributed by atoms with Gasteiger partial charge in [-0.15, -0.1) is 0 Å². The molecule has 10 nitrogen and oxygen atoms in total. The topological polar surface area (TPSA) is 114 Å². The van der Waals surface area contributed by atoms with E-state index in [1.165, 1.54) is 28.6 Å². The number of hydrogen-bond donors (Lipinski definition) is 1. The molecule has 47 heavy (non-hydrogen) atoms. The van der Waals surface area contributed by atoms with Gasteiger partial charge in [-0.25, -0.2) is 8.42 Å². The monoisotopic (exact) mass is 657 g/mol. The lowest BCUT2D eigenvalue weighted by atomic mass is 10.0. The second-order valence-corrected chi connectivity index (χ2v) is 13.0. The first kappa shape index (κ1) is 33.6. The minimum atomic E-state index is -3.67. The molecule has 0 radical (unpaired) electrons. The van der Waals surface area contributed by atoms with Gasteiger partial charge in [0.1, 0.15) is 17.5 Å². The maximum absolute atomic E-state index is 13.9. The van der Waals surface area contributed by atoms with Gasteiger partial charge in [0.25, 0.3) is 5.91 Å². The normalized spacial score (nSPS) is 14.1. The third-order valence-electron chi connectivity index (χ3n) is 7.89. The van der Waals surface area contributed by atoms with Crippen molar-refractivity contribution in [2.24, 2.45) is 0 Å². The van der Waals surface area contributed by atoms with Gasteiger partial charge >= 0.3 is 0 Å². The molecule has 0 aliphatic carbocycles. The minimum Gasteiger partial charge on any atom is -0.497 e. The van der Waals surface area contributed by atoms with Gasteiger partial charge in [-0.05, 0) is 53.1 Å². The lowest BCUT2D eigenvalue weighted by Crippen LogP contribution is -2.51. The fraction of sp³-hybridized carbons (Fsp3) is 0.278. The summed E-state index contributed by atoms with van der Waals surface area (Å²) in [7, 11) is -2.07. The number of amides is 2. The van der Waals surface area contributed by atoms with Crippen LogP contribution in [-0.2, 0) is 43.9 Å². The molecule has 1 saturated heterocycles. The Morgan fingerprint density at radius 2 is 1.40 bits per heavy atom. The third kappa shape index (κ3) is 9.19. The highest BCUT2D eigenvalue weighted by Crippen LogP contribution is 2.22. The summed E-state index contributed by atoms with van der Waals surface area (Å²) in [6.45, 7) is 1.41. The largest absolute Gasteiger partial charge is 0.497 e. The number of benzene rings is 4. The molecule has 2 amide bonds. The van der Waals surface area contributed by atoms with Gasteiger partial charge < -0.3 is 24.4 Å². The second kappa shape index (κ2) is 16.2. The molecular formula is C36H39N3O7S. The number of methoxy groups -OCH3 is 1. The van der Waals surface area contributed by atoms with E-state index in [0.717, 1.165) is 22.4 Å². The van der Waals surface area contributed by atoms with Crippen LogP contribution in [-0.4, -0.2) is 75.5 Å². The van der Waals surface area contributed by atoms with Crippen molar-refractivity contribution in [3.05, 3.63) is 126 Å². The van der Waals surface area contributed by atoms with Crippen LogP contribution in [0.15, 0.2) is 114 Å². The highest BCUT2D eigenvalue weighted by atomic mass is 32.2. The Balaban J connectivity index is 1.34. The van der Waals surface area contributed by atoms with Crippen LogP contribution in [0.1, 0.15) is 16.7 Å². The number of sulfonamides is 1. The van der Waals surface area contributed by atoms with Crippen molar-refractivity contribution in [2.75, 3.05) is 40.0 Å². The van der Waals surface area contributed by atoms with E-state index in [4.69, 9.17) is 14.2 Å². The number of rotatable bonds is 14. The minimum absolute atomic E-state index is 0.139. The highest BCUT2D eigenvalue weighted by molar-refractivity contribution is 7.89. The maximum atomic E-state index is 13.9. The van der Waals surface area contributed by atoms with Gasteiger partial charge in [0.05, 0.1) is 25.2 Å². The van der Waals surface area contributed by atoms with Gasteiger partial charge in [-0.1, -0.05) is 72.8 Å². The van der Waals surface area contributed by atoms with E-state index in [0.29, 0.717) is 38.5 Å². The molecule has 0 unspecified atom stereocenters. The van der Waals surface area contributed by atoms with E-state index >= 15 is 0 Å². The zero-order chi connectivity index (χ0) is 33.1. The Morgan fingerprint density at radius 3 is 2.02 bits per heavy atom. The first-order chi connectivity index (χ1) is 22.8. The van der Waals surface area contributed by atoms with Gasteiger partial charge in [0, 0.05) is 32.6 Å². The molecule has 1 fully saturated rings. The molecule has 246 valence electrons. The van der Waals surface area contributed by atoms with Crippen LogP contribution in [0.4, 0.5) is 0 Å². The first-order valence-electron chi connectivity index (χ1n) is 15.4. The summed E-state index contributed by atoms with van der Waals surface area (Å²) in [5.41, 5.74) is 2.65. The molecule has 5 rings (SSSR count). The van der Waals surface area contributed by atoms with Crippen LogP contribution in [0.3, 0.4) is 0 Å². The molecule has 0 aromatic heterocycles. The molecular weight excluding hydrogens is 618 g/mol. The summed E-state index contributed by atoms with van der Waals surface area (Å²) in [5.74, 6) is 0.364. The highest BCUT2D eigenvalue weighted by Gasteiger charge is 2.31.